The molecule has 0 bridgehead atoms. The van der Waals surface area contributed by atoms with Gasteiger partial charge in [0.25, 0.3) is 5.91 Å². The predicted octanol–water partition coefficient (Wildman–Crippen LogP) is 3.45. The SMILES string of the molecule is CCc1csc([C@@H]2CCCN(C(=O)c3cccc4c3OCO4)C2)n1. The first-order valence-electron chi connectivity index (χ1n) is 8.38. The highest BCUT2D eigenvalue weighted by Gasteiger charge is 2.30. The molecule has 0 radical (unpaired) electrons. The van der Waals surface area contributed by atoms with E-state index in [9.17, 15) is 4.79 Å². The Kier molecular flexibility index (Phi) is 4.14. The van der Waals surface area contributed by atoms with Crippen molar-refractivity contribution in [3.63, 3.8) is 0 Å². The molecular formula is C18H20N2O3S. The number of piperidine rings is 1. The molecule has 4 rings (SSSR count). The van der Waals surface area contributed by atoms with Gasteiger partial charge in [-0.3, -0.25) is 4.79 Å². The van der Waals surface area contributed by atoms with Gasteiger partial charge in [-0.15, -0.1) is 11.3 Å². The molecule has 1 atom stereocenters. The number of rotatable bonds is 3. The lowest BCUT2D eigenvalue weighted by molar-refractivity contribution is 0.0702. The fourth-order valence-electron chi connectivity index (χ4n) is 3.30. The lowest BCUT2D eigenvalue weighted by Gasteiger charge is -2.32. The maximum Gasteiger partial charge on any atom is 0.257 e. The van der Waals surface area contributed by atoms with Gasteiger partial charge in [0.2, 0.25) is 6.79 Å². The zero-order valence-corrected chi connectivity index (χ0v) is 14.5. The summed E-state index contributed by atoms with van der Waals surface area (Å²) in [5, 5.41) is 3.29. The fourth-order valence-corrected chi connectivity index (χ4v) is 4.34. The second-order valence-electron chi connectivity index (χ2n) is 6.16. The minimum Gasteiger partial charge on any atom is -0.454 e. The molecule has 1 amide bonds. The second kappa shape index (κ2) is 6.43. The van der Waals surface area contributed by atoms with Crippen molar-refractivity contribution in [2.45, 2.75) is 32.1 Å². The summed E-state index contributed by atoms with van der Waals surface area (Å²) in [6.07, 6.45) is 3.05. The molecule has 2 aliphatic heterocycles. The smallest absolute Gasteiger partial charge is 0.257 e. The first-order valence-corrected chi connectivity index (χ1v) is 9.26. The average Bonchev–Trinajstić information content (AvgIpc) is 3.30. The quantitative estimate of drug-likeness (QED) is 0.856. The first kappa shape index (κ1) is 15.4. The number of amides is 1. The number of carbonyl (C=O) groups is 1. The van der Waals surface area contributed by atoms with Crippen LogP contribution in [0.4, 0.5) is 0 Å². The number of hydrogen-bond acceptors (Lipinski definition) is 5. The number of aromatic nitrogens is 1. The van der Waals surface area contributed by atoms with Crippen molar-refractivity contribution < 1.29 is 14.3 Å². The summed E-state index contributed by atoms with van der Waals surface area (Å²) in [6.45, 7) is 3.81. The van der Waals surface area contributed by atoms with E-state index in [0.717, 1.165) is 43.1 Å². The first-order chi connectivity index (χ1) is 11.8. The zero-order chi connectivity index (χ0) is 16.5. The molecule has 1 aromatic carbocycles. The van der Waals surface area contributed by atoms with Gasteiger partial charge in [-0.1, -0.05) is 13.0 Å². The minimum absolute atomic E-state index is 0.0225. The molecule has 1 aromatic heterocycles. The Bertz CT molecular complexity index is 758. The third-order valence-corrected chi connectivity index (χ3v) is 5.67. The lowest BCUT2D eigenvalue weighted by atomic mass is 9.98. The van der Waals surface area contributed by atoms with E-state index in [1.165, 1.54) is 0 Å². The van der Waals surface area contributed by atoms with Crippen LogP contribution in [0.25, 0.3) is 0 Å². The van der Waals surface area contributed by atoms with Crippen molar-refractivity contribution in [1.29, 1.82) is 0 Å². The van der Waals surface area contributed by atoms with Crippen molar-refractivity contribution in [2.24, 2.45) is 0 Å². The Morgan fingerprint density at radius 3 is 3.17 bits per heavy atom. The highest BCUT2D eigenvalue weighted by Crippen LogP contribution is 2.37. The second-order valence-corrected chi connectivity index (χ2v) is 7.05. The summed E-state index contributed by atoms with van der Waals surface area (Å²) in [5.74, 6) is 1.59. The molecule has 0 aliphatic carbocycles. The molecule has 24 heavy (non-hydrogen) atoms. The third kappa shape index (κ3) is 2.75. The van der Waals surface area contributed by atoms with E-state index in [4.69, 9.17) is 14.5 Å². The van der Waals surface area contributed by atoms with Crippen molar-refractivity contribution in [3.8, 4) is 11.5 Å². The van der Waals surface area contributed by atoms with Gasteiger partial charge in [0, 0.05) is 24.4 Å². The van der Waals surface area contributed by atoms with Gasteiger partial charge in [-0.05, 0) is 31.4 Å². The molecule has 0 unspecified atom stereocenters. The number of benzene rings is 1. The lowest BCUT2D eigenvalue weighted by Crippen LogP contribution is -2.39. The average molecular weight is 344 g/mol. The van der Waals surface area contributed by atoms with Crippen LogP contribution in [0.1, 0.15) is 46.7 Å². The zero-order valence-electron chi connectivity index (χ0n) is 13.7. The minimum atomic E-state index is 0.0225. The molecule has 5 nitrogen and oxygen atoms in total. The number of para-hydroxylation sites is 1. The monoisotopic (exact) mass is 344 g/mol. The Morgan fingerprint density at radius 2 is 2.33 bits per heavy atom. The van der Waals surface area contributed by atoms with E-state index < -0.39 is 0 Å². The molecule has 6 heteroatoms. The van der Waals surface area contributed by atoms with Crippen LogP contribution in [0.2, 0.25) is 0 Å². The number of ether oxygens (including phenoxy) is 2. The Balaban J connectivity index is 1.54. The highest BCUT2D eigenvalue weighted by atomic mass is 32.1. The summed E-state index contributed by atoms with van der Waals surface area (Å²) in [4.78, 5) is 19.6. The maximum absolute atomic E-state index is 13.0. The third-order valence-electron chi connectivity index (χ3n) is 4.62. The van der Waals surface area contributed by atoms with Gasteiger partial charge in [-0.25, -0.2) is 4.98 Å². The van der Waals surface area contributed by atoms with Crippen LogP contribution in [-0.2, 0) is 6.42 Å². The van der Waals surface area contributed by atoms with Gasteiger partial charge in [-0.2, -0.15) is 0 Å². The van der Waals surface area contributed by atoms with E-state index in [1.54, 1.807) is 11.3 Å². The van der Waals surface area contributed by atoms with Crippen LogP contribution in [0.5, 0.6) is 11.5 Å². The standard InChI is InChI=1S/C18H20N2O3S/c1-2-13-10-24-17(19-13)12-5-4-8-20(9-12)18(21)14-6-3-7-15-16(14)23-11-22-15/h3,6-7,10,12H,2,4-5,8-9,11H2,1H3/t12-/m1/s1. The number of carbonyl (C=O) groups excluding carboxylic acids is 1. The number of likely N-dealkylation sites (tertiary alicyclic amines) is 1. The molecule has 0 spiro atoms. The molecule has 1 saturated heterocycles. The van der Waals surface area contributed by atoms with Crippen LogP contribution in [-0.4, -0.2) is 35.7 Å². The molecule has 3 heterocycles. The maximum atomic E-state index is 13.0. The Labute approximate surface area is 145 Å². The van der Waals surface area contributed by atoms with Gasteiger partial charge in [0.05, 0.1) is 16.3 Å². The predicted molar refractivity (Wildman–Crippen MR) is 91.9 cm³/mol. The highest BCUT2D eigenvalue weighted by molar-refractivity contribution is 7.09. The summed E-state index contributed by atoms with van der Waals surface area (Å²) in [6, 6.07) is 5.49. The summed E-state index contributed by atoms with van der Waals surface area (Å²) < 4.78 is 10.9. The topological polar surface area (TPSA) is 51.7 Å². The normalized spacial score (nSPS) is 19.5. The largest absolute Gasteiger partial charge is 0.454 e. The molecule has 1 fully saturated rings. The number of fused-ring (bicyclic) bond motifs is 1. The van der Waals surface area contributed by atoms with Crippen LogP contribution in [0.3, 0.4) is 0 Å². The Morgan fingerprint density at radius 1 is 1.42 bits per heavy atom. The number of aryl methyl sites for hydroxylation is 1. The van der Waals surface area contributed by atoms with E-state index in [0.29, 0.717) is 23.0 Å². The molecule has 0 N–H and O–H groups in total. The molecule has 2 aromatic rings. The van der Waals surface area contributed by atoms with Gasteiger partial charge < -0.3 is 14.4 Å². The molecule has 126 valence electrons. The number of hydrogen-bond donors (Lipinski definition) is 0. The number of nitrogens with zero attached hydrogens (tertiary/aromatic N) is 2. The van der Waals surface area contributed by atoms with Gasteiger partial charge in [0.1, 0.15) is 0 Å². The fraction of sp³-hybridized carbons (Fsp3) is 0.444. The summed E-state index contributed by atoms with van der Waals surface area (Å²) in [7, 11) is 0. The Hall–Kier alpha value is -2.08. The molecule has 0 saturated carbocycles. The van der Waals surface area contributed by atoms with Gasteiger partial charge >= 0.3 is 0 Å². The number of thiazole rings is 1. The van der Waals surface area contributed by atoms with E-state index in [2.05, 4.69) is 12.3 Å². The molecular weight excluding hydrogens is 324 g/mol. The van der Waals surface area contributed by atoms with E-state index in [1.807, 2.05) is 23.1 Å². The van der Waals surface area contributed by atoms with Crippen molar-refractivity contribution in [3.05, 3.63) is 39.8 Å². The van der Waals surface area contributed by atoms with Crippen LogP contribution in [0.15, 0.2) is 23.6 Å². The van der Waals surface area contributed by atoms with E-state index in [-0.39, 0.29) is 12.7 Å². The summed E-state index contributed by atoms with van der Waals surface area (Å²) in [5.41, 5.74) is 1.74. The summed E-state index contributed by atoms with van der Waals surface area (Å²) >= 11 is 1.72. The molecule has 2 aliphatic rings. The van der Waals surface area contributed by atoms with Crippen molar-refractivity contribution in [2.75, 3.05) is 19.9 Å². The van der Waals surface area contributed by atoms with Crippen molar-refractivity contribution in [1.82, 2.24) is 9.88 Å². The van der Waals surface area contributed by atoms with Gasteiger partial charge in [0.15, 0.2) is 11.5 Å². The van der Waals surface area contributed by atoms with Crippen molar-refractivity contribution >= 4 is 17.2 Å². The van der Waals surface area contributed by atoms with Crippen LogP contribution in [0, 0.1) is 0 Å². The van der Waals surface area contributed by atoms with Crippen LogP contribution < -0.4 is 9.47 Å². The van der Waals surface area contributed by atoms with Crippen LogP contribution >= 0.6 is 11.3 Å². The van der Waals surface area contributed by atoms with E-state index >= 15 is 0 Å².